The first-order valence-corrected chi connectivity index (χ1v) is 3.95. The van der Waals surface area contributed by atoms with E-state index >= 15 is 0 Å². The molecule has 0 saturated carbocycles. The monoisotopic (exact) mass is 184 g/mol. The normalized spacial score (nSPS) is 16.4. The zero-order chi connectivity index (χ0) is 9.84. The number of methoxy groups -OCH3 is 1. The minimum atomic E-state index is -0.950. The number of rotatable bonds is 1. The van der Waals surface area contributed by atoms with Crippen LogP contribution in [-0.4, -0.2) is 42.2 Å². The van der Waals surface area contributed by atoms with Crippen LogP contribution in [0.4, 0.5) is 4.79 Å². The standard InChI is InChI=1S/C8H12N2O3/c1-13-7(9)6-3-2-4-10(5-6)8(11)12/h3,9H,2,4-5H2,1H3,(H,11,12). The molecule has 0 bridgehead atoms. The van der Waals surface area contributed by atoms with Crippen molar-refractivity contribution < 1.29 is 14.6 Å². The third-order valence-electron chi connectivity index (χ3n) is 1.92. The highest BCUT2D eigenvalue weighted by Gasteiger charge is 2.19. The SMILES string of the molecule is COC(=N)C1=CCCN(C(=O)O)C1. The van der Waals surface area contributed by atoms with Gasteiger partial charge in [0.25, 0.3) is 0 Å². The van der Waals surface area contributed by atoms with E-state index in [9.17, 15) is 4.79 Å². The van der Waals surface area contributed by atoms with Gasteiger partial charge in [0, 0.05) is 12.1 Å². The Balaban J connectivity index is 2.64. The van der Waals surface area contributed by atoms with E-state index in [4.69, 9.17) is 15.3 Å². The lowest BCUT2D eigenvalue weighted by Crippen LogP contribution is -2.36. The van der Waals surface area contributed by atoms with Crippen LogP contribution in [0.2, 0.25) is 0 Å². The Bertz CT molecular complexity index is 260. The molecule has 5 heteroatoms. The second kappa shape index (κ2) is 3.93. The molecule has 0 unspecified atom stereocenters. The molecule has 0 saturated heterocycles. The van der Waals surface area contributed by atoms with Crippen molar-refractivity contribution in [1.29, 1.82) is 5.41 Å². The van der Waals surface area contributed by atoms with E-state index in [1.807, 2.05) is 6.08 Å². The van der Waals surface area contributed by atoms with Gasteiger partial charge in [0.2, 0.25) is 5.90 Å². The quantitative estimate of drug-likeness (QED) is 0.470. The van der Waals surface area contributed by atoms with E-state index < -0.39 is 6.09 Å². The van der Waals surface area contributed by atoms with Crippen LogP contribution in [0.15, 0.2) is 11.6 Å². The Morgan fingerprint density at radius 3 is 3.00 bits per heavy atom. The van der Waals surface area contributed by atoms with Gasteiger partial charge in [0.15, 0.2) is 0 Å². The molecule has 1 rings (SSSR count). The average molecular weight is 184 g/mol. The van der Waals surface area contributed by atoms with Gasteiger partial charge in [-0.15, -0.1) is 0 Å². The molecule has 0 aromatic rings. The van der Waals surface area contributed by atoms with Gasteiger partial charge >= 0.3 is 6.09 Å². The van der Waals surface area contributed by atoms with Gasteiger partial charge in [-0.1, -0.05) is 6.08 Å². The van der Waals surface area contributed by atoms with Gasteiger partial charge in [-0.25, -0.2) is 4.79 Å². The predicted molar refractivity (Wildman–Crippen MR) is 47.0 cm³/mol. The molecule has 1 heterocycles. The highest BCUT2D eigenvalue weighted by Crippen LogP contribution is 2.10. The van der Waals surface area contributed by atoms with Crippen LogP contribution >= 0.6 is 0 Å². The van der Waals surface area contributed by atoms with Gasteiger partial charge in [-0.2, -0.15) is 0 Å². The molecule has 0 aliphatic carbocycles. The number of hydrogen-bond acceptors (Lipinski definition) is 3. The fourth-order valence-electron chi connectivity index (χ4n) is 1.20. The van der Waals surface area contributed by atoms with Gasteiger partial charge in [0.05, 0.1) is 13.7 Å². The van der Waals surface area contributed by atoms with Gasteiger partial charge in [-0.05, 0) is 6.42 Å². The highest BCUT2D eigenvalue weighted by atomic mass is 16.5. The maximum atomic E-state index is 10.6. The summed E-state index contributed by atoms with van der Waals surface area (Å²) in [6, 6.07) is 0. The van der Waals surface area contributed by atoms with Crippen LogP contribution in [-0.2, 0) is 4.74 Å². The van der Waals surface area contributed by atoms with E-state index in [-0.39, 0.29) is 12.4 Å². The molecule has 0 aromatic carbocycles. The molecule has 0 atom stereocenters. The molecule has 1 aliphatic rings. The minimum Gasteiger partial charge on any atom is -0.481 e. The Labute approximate surface area is 76.1 Å². The number of amides is 1. The fraction of sp³-hybridized carbons (Fsp3) is 0.500. The summed E-state index contributed by atoms with van der Waals surface area (Å²) in [5, 5.41) is 16.1. The molecule has 0 radical (unpaired) electrons. The number of carboxylic acid groups (broad SMARTS) is 1. The Hall–Kier alpha value is -1.52. The van der Waals surface area contributed by atoms with Crippen molar-refractivity contribution >= 4 is 12.0 Å². The van der Waals surface area contributed by atoms with Crippen molar-refractivity contribution in [2.24, 2.45) is 0 Å². The van der Waals surface area contributed by atoms with Crippen molar-refractivity contribution in [3.05, 3.63) is 11.6 Å². The maximum Gasteiger partial charge on any atom is 0.407 e. The number of hydrogen-bond donors (Lipinski definition) is 2. The Kier molecular flexibility index (Phi) is 2.89. The lowest BCUT2D eigenvalue weighted by Gasteiger charge is -2.24. The zero-order valence-electron chi connectivity index (χ0n) is 7.41. The van der Waals surface area contributed by atoms with Crippen LogP contribution in [0, 0.1) is 5.41 Å². The number of ether oxygens (including phenoxy) is 1. The molecule has 0 spiro atoms. The summed E-state index contributed by atoms with van der Waals surface area (Å²) in [6.07, 6.45) is 1.54. The minimum absolute atomic E-state index is 0.0472. The highest BCUT2D eigenvalue weighted by molar-refractivity contribution is 5.92. The second-order valence-corrected chi connectivity index (χ2v) is 2.76. The first-order chi connectivity index (χ1) is 6.15. The third kappa shape index (κ3) is 2.21. The van der Waals surface area contributed by atoms with Crippen LogP contribution < -0.4 is 0 Å². The number of nitrogens with one attached hydrogen (secondary N) is 1. The molecule has 1 aliphatic heterocycles. The fourth-order valence-corrected chi connectivity index (χ4v) is 1.20. The van der Waals surface area contributed by atoms with Crippen molar-refractivity contribution in [1.82, 2.24) is 4.90 Å². The second-order valence-electron chi connectivity index (χ2n) is 2.76. The van der Waals surface area contributed by atoms with E-state index in [0.717, 1.165) is 0 Å². The molecule has 1 amide bonds. The summed E-state index contributed by atoms with van der Waals surface area (Å²) in [7, 11) is 1.41. The largest absolute Gasteiger partial charge is 0.481 e. The van der Waals surface area contributed by atoms with E-state index in [1.165, 1.54) is 12.0 Å². The summed E-state index contributed by atoms with van der Waals surface area (Å²) in [6.45, 7) is 0.748. The topological polar surface area (TPSA) is 73.6 Å². The van der Waals surface area contributed by atoms with E-state index in [0.29, 0.717) is 18.5 Å². The van der Waals surface area contributed by atoms with Crippen LogP contribution in [0.1, 0.15) is 6.42 Å². The smallest absolute Gasteiger partial charge is 0.407 e. The average Bonchev–Trinajstić information content (AvgIpc) is 2.17. The Morgan fingerprint density at radius 2 is 2.46 bits per heavy atom. The van der Waals surface area contributed by atoms with Crippen LogP contribution in [0.3, 0.4) is 0 Å². The van der Waals surface area contributed by atoms with Crippen LogP contribution in [0.25, 0.3) is 0 Å². The predicted octanol–water partition coefficient (Wildman–Crippen LogP) is 0.920. The van der Waals surface area contributed by atoms with Crippen molar-refractivity contribution in [3.8, 4) is 0 Å². The van der Waals surface area contributed by atoms with E-state index in [2.05, 4.69) is 0 Å². The summed E-state index contributed by atoms with van der Waals surface area (Å²) in [5.41, 5.74) is 0.635. The first-order valence-electron chi connectivity index (χ1n) is 3.95. The van der Waals surface area contributed by atoms with Gasteiger partial charge in [0.1, 0.15) is 0 Å². The van der Waals surface area contributed by atoms with Crippen LogP contribution in [0.5, 0.6) is 0 Å². The van der Waals surface area contributed by atoms with Gasteiger partial charge < -0.3 is 14.7 Å². The maximum absolute atomic E-state index is 10.6. The summed E-state index contributed by atoms with van der Waals surface area (Å²) in [4.78, 5) is 11.9. The molecule has 5 nitrogen and oxygen atoms in total. The number of carbonyl (C=O) groups is 1. The first kappa shape index (κ1) is 9.57. The molecular weight excluding hydrogens is 172 g/mol. The summed E-state index contributed by atoms with van der Waals surface area (Å²) >= 11 is 0. The molecule has 0 fully saturated rings. The third-order valence-corrected chi connectivity index (χ3v) is 1.92. The lowest BCUT2D eigenvalue weighted by atomic mass is 10.1. The summed E-state index contributed by atoms with van der Waals surface area (Å²) < 4.78 is 4.71. The van der Waals surface area contributed by atoms with Crippen molar-refractivity contribution in [2.45, 2.75) is 6.42 Å². The lowest BCUT2D eigenvalue weighted by molar-refractivity contribution is 0.148. The molecule has 72 valence electrons. The van der Waals surface area contributed by atoms with Crippen molar-refractivity contribution in [3.63, 3.8) is 0 Å². The molecule has 2 N–H and O–H groups in total. The Morgan fingerprint density at radius 1 is 1.77 bits per heavy atom. The van der Waals surface area contributed by atoms with E-state index in [1.54, 1.807) is 0 Å². The zero-order valence-corrected chi connectivity index (χ0v) is 7.41. The molecular formula is C8H12N2O3. The van der Waals surface area contributed by atoms with Crippen molar-refractivity contribution in [2.75, 3.05) is 20.2 Å². The summed E-state index contributed by atoms with van der Waals surface area (Å²) in [5.74, 6) is 0.0472. The number of nitrogens with zero attached hydrogens (tertiary/aromatic N) is 1. The molecule has 0 aromatic heterocycles. The molecule has 13 heavy (non-hydrogen) atoms. The van der Waals surface area contributed by atoms with Gasteiger partial charge in [-0.3, -0.25) is 5.41 Å².